The number of likely N-dealkylation sites (tertiary alicyclic amines) is 1. The average molecular weight is 333 g/mol. The summed E-state index contributed by atoms with van der Waals surface area (Å²) in [5.41, 5.74) is 3.29. The van der Waals surface area contributed by atoms with Gasteiger partial charge in [0, 0.05) is 12.5 Å². The standard InChI is InChI=1S/C19H27NO4/c1-6-23-19(22)24-18-10-13(3)15(5)20(18)17(21)11-16-8-7-12(2)9-14(16)4/h7-9,13,15,18H,6,10-11H2,1-5H3. The Hall–Kier alpha value is -2.04. The second-order valence-electron chi connectivity index (χ2n) is 6.62. The number of benzene rings is 1. The van der Waals surface area contributed by atoms with Crippen molar-refractivity contribution in [3.63, 3.8) is 0 Å². The summed E-state index contributed by atoms with van der Waals surface area (Å²) in [4.78, 5) is 26.2. The maximum atomic E-state index is 12.9. The van der Waals surface area contributed by atoms with Crippen LogP contribution in [0, 0.1) is 19.8 Å². The van der Waals surface area contributed by atoms with Crippen molar-refractivity contribution >= 4 is 12.1 Å². The molecular formula is C19H27NO4. The second kappa shape index (κ2) is 7.69. The molecule has 1 aromatic rings. The predicted molar refractivity (Wildman–Crippen MR) is 91.6 cm³/mol. The summed E-state index contributed by atoms with van der Waals surface area (Å²) in [6.07, 6.45) is -0.315. The number of carbonyl (C=O) groups is 2. The molecule has 5 nitrogen and oxygen atoms in total. The predicted octanol–water partition coefficient (Wildman–Crippen LogP) is 3.60. The van der Waals surface area contributed by atoms with Gasteiger partial charge in [0.05, 0.1) is 13.0 Å². The van der Waals surface area contributed by atoms with Crippen LogP contribution in [0.1, 0.15) is 43.9 Å². The van der Waals surface area contributed by atoms with E-state index in [9.17, 15) is 9.59 Å². The monoisotopic (exact) mass is 333 g/mol. The highest BCUT2D eigenvalue weighted by Crippen LogP contribution is 2.31. The summed E-state index contributed by atoms with van der Waals surface area (Å²) in [5, 5.41) is 0. The van der Waals surface area contributed by atoms with Crippen LogP contribution in [0.3, 0.4) is 0 Å². The van der Waals surface area contributed by atoms with E-state index in [1.54, 1.807) is 11.8 Å². The van der Waals surface area contributed by atoms with Crippen molar-refractivity contribution in [2.75, 3.05) is 6.61 Å². The highest BCUT2D eigenvalue weighted by atomic mass is 16.7. The summed E-state index contributed by atoms with van der Waals surface area (Å²) in [7, 11) is 0. The first-order valence-corrected chi connectivity index (χ1v) is 8.54. The first-order valence-electron chi connectivity index (χ1n) is 8.54. The van der Waals surface area contributed by atoms with Crippen LogP contribution in [-0.2, 0) is 20.7 Å². The molecular weight excluding hydrogens is 306 g/mol. The average Bonchev–Trinajstić information content (AvgIpc) is 2.77. The van der Waals surface area contributed by atoms with E-state index in [1.807, 2.05) is 32.9 Å². The van der Waals surface area contributed by atoms with Gasteiger partial charge in [-0.1, -0.05) is 30.7 Å². The highest BCUT2D eigenvalue weighted by molar-refractivity contribution is 5.80. The topological polar surface area (TPSA) is 55.8 Å². The van der Waals surface area contributed by atoms with Crippen molar-refractivity contribution in [2.24, 2.45) is 5.92 Å². The van der Waals surface area contributed by atoms with Crippen molar-refractivity contribution in [1.82, 2.24) is 4.90 Å². The maximum Gasteiger partial charge on any atom is 0.510 e. The molecule has 0 bridgehead atoms. The van der Waals surface area contributed by atoms with Crippen LogP contribution in [-0.4, -0.2) is 35.8 Å². The minimum absolute atomic E-state index is 0.0203. The lowest BCUT2D eigenvalue weighted by Gasteiger charge is -2.28. The van der Waals surface area contributed by atoms with Crippen molar-refractivity contribution in [3.8, 4) is 0 Å². The van der Waals surface area contributed by atoms with E-state index in [0.717, 1.165) is 11.1 Å². The first-order chi connectivity index (χ1) is 11.3. The molecule has 1 saturated heterocycles. The van der Waals surface area contributed by atoms with Gasteiger partial charge in [-0.05, 0) is 44.7 Å². The number of ether oxygens (including phenoxy) is 2. The van der Waals surface area contributed by atoms with Gasteiger partial charge in [-0.3, -0.25) is 4.79 Å². The summed E-state index contributed by atoms with van der Waals surface area (Å²) >= 11 is 0. The van der Waals surface area contributed by atoms with Crippen molar-refractivity contribution in [3.05, 3.63) is 34.9 Å². The van der Waals surface area contributed by atoms with E-state index < -0.39 is 12.4 Å². The Morgan fingerprint density at radius 2 is 1.96 bits per heavy atom. The van der Waals surface area contributed by atoms with Gasteiger partial charge < -0.3 is 14.4 Å². The fourth-order valence-electron chi connectivity index (χ4n) is 3.22. The Morgan fingerprint density at radius 1 is 1.25 bits per heavy atom. The molecule has 2 rings (SSSR count). The van der Waals surface area contributed by atoms with Gasteiger partial charge in [-0.15, -0.1) is 0 Å². The number of aryl methyl sites for hydroxylation is 2. The lowest BCUT2D eigenvalue weighted by atomic mass is 10.0. The Bertz CT molecular complexity index is 613. The Labute approximate surface area is 143 Å². The van der Waals surface area contributed by atoms with Crippen molar-refractivity contribution in [1.29, 1.82) is 0 Å². The molecule has 1 heterocycles. The third-order valence-electron chi connectivity index (χ3n) is 4.77. The number of hydrogen-bond acceptors (Lipinski definition) is 4. The summed E-state index contributed by atoms with van der Waals surface area (Å²) < 4.78 is 10.2. The van der Waals surface area contributed by atoms with Gasteiger partial charge in [0.2, 0.25) is 5.91 Å². The Kier molecular flexibility index (Phi) is 5.86. The molecule has 0 N–H and O–H groups in total. The van der Waals surface area contributed by atoms with E-state index in [4.69, 9.17) is 9.47 Å². The molecule has 1 fully saturated rings. The quantitative estimate of drug-likeness (QED) is 0.790. The molecule has 3 atom stereocenters. The van der Waals surface area contributed by atoms with Crippen molar-refractivity contribution < 1.29 is 19.1 Å². The molecule has 1 amide bonds. The fourth-order valence-corrected chi connectivity index (χ4v) is 3.22. The number of carbonyl (C=O) groups excluding carboxylic acids is 2. The number of amides is 1. The van der Waals surface area contributed by atoms with Crippen LogP contribution in [0.25, 0.3) is 0 Å². The van der Waals surface area contributed by atoms with Crippen LogP contribution in [0.5, 0.6) is 0 Å². The lowest BCUT2D eigenvalue weighted by Crippen LogP contribution is -2.43. The van der Waals surface area contributed by atoms with Gasteiger partial charge in [0.25, 0.3) is 0 Å². The van der Waals surface area contributed by atoms with Gasteiger partial charge in [0.15, 0.2) is 6.23 Å². The highest BCUT2D eigenvalue weighted by Gasteiger charge is 2.41. The van der Waals surface area contributed by atoms with Crippen LogP contribution >= 0.6 is 0 Å². The smallest absolute Gasteiger partial charge is 0.435 e. The van der Waals surface area contributed by atoms with Gasteiger partial charge >= 0.3 is 6.16 Å². The van der Waals surface area contributed by atoms with E-state index in [-0.39, 0.29) is 24.5 Å². The fraction of sp³-hybridized carbons (Fsp3) is 0.579. The third-order valence-corrected chi connectivity index (χ3v) is 4.77. The molecule has 5 heteroatoms. The summed E-state index contributed by atoms with van der Waals surface area (Å²) in [6, 6.07) is 6.11. The van der Waals surface area contributed by atoms with Gasteiger partial charge in [-0.25, -0.2) is 4.79 Å². The van der Waals surface area contributed by atoms with Gasteiger partial charge in [-0.2, -0.15) is 0 Å². The molecule has 0 aromatic heterocycles. The number of hydrogen-bond donors (Lipinski definition) is 0. The summed E-state index contributed by atoms with van der Waals surface area (Å²) in [5.74, 6) is 0.251. The lowest BCUT2D eigenvalue weighted by molar-refractivity contribution is -0.141. The van der Waals surface area contributed by atoms with Crippen LogP contribution in [0.2, 0.25) is 0 Å². The van der Waals surface area contributed by atoms with Gasteiger partial charge in [0.1, 0.15) is 0 Å². The zero-order chi connectivity index (χ0) is 17.9. The van der Waals surface area contributed by atoms with E-state index in [2.05, 4.69) is 13.0 Å². The first kappa shape index (κ1) is 18.3. The SMILES string of the molecule is CCOC(=O)OC1CC(C)C(C)N1C(=O)Cc1ccc(C)cc1C. The summed E-state index contributed by atoms with van der Waals surface area (Å²) in [6.45, 7) is 10.1. The molecule has 0 aliphatic carbocycles. The second-order valence-corrected chi connectivity index (χ2v) is 6.62. The van der Waals surface area contributed by atoms with E-state index >= 15 is 0 Å². The zero-order valence-corrected chi connectivity index (χ0v) is 15.2. The Morgan fingerprint density at radius 3 is 2.58 bits per heavy atom. The third kappa shape index (κ3) is 4.08. The molecule has 1 aliphatic rings. The van der Waals surface area contributed by atoms with E-state index in [0.29, 0.717) is 12.8 Å². The minimum atomic E-state index is -0.715. The molecule has 132 valence electrons. The van der Waals surface area contributed by atoms with Crippen LogP contribution < -0.4 is 0 Å². The van der Waals surface area contributed by atoms with Crippen LogP contribution in [0.4, 0.5) is 4.79 Å². The Balaban J connectivity index is 2.13. The molecule has 0 radical (unpaired) electrons. The number of rotatable bonds is 4. The molecule has 1 aliphatic heterocycles. The van der Waals surface area contributed by atoms with Crippen molar-refractivity contribution in [2.45, 2.75) is 59.7 Å². The molecule has 24 heavy (non-hydrogen) atoms. The maximum absolute atomic E-state index is 12.9. The largest absolute Gasteiger partial charge is 0.510 e. The molecule has 1 aromatic carbocycles. The van der Waals surface area contributed by atoms with Crippen LogP contribution in [0.15, 0.2) is 18.2 Å². The molecule has 0 saturated carbocycles. The number of nitrogens with zero attached hydrogens (tertiary/aromatic N) is 1. The minimum Gasteiger partial charge on any atom is -0.435 e. The zero-order valence-electron chi connectivity index (χ0n) is 15.2. The molecule has 3 unspecified atom stereocenters. The molecule has 0 spiro atoms. The van der Waals surface area contributed by atoms with E-state index in [1.165, 1.54) is 5.56 Å². The normalized spacial score (nSPS) is 23.2.